The average molecular weight is 403 g/mol. The minimum absolute atomic E-state index is 0.0684. The van der Waals surface area contributed by atoms with Gasteiger partial charge in [-0.1, -0.05) is 13.8 Å². The van der Waals surface area contributed by atoms with Gasteiger partial charge in [0.2, 0.25) is 0 Å². The third kappa shape index (κ3) is 2.32. The van der Waals surface area contributed by atoms with Gasteiger partial charge in [-0.25, -0.2) is 0 Å². The number of piperazine rings is 1. The van der Waals surface area contributed by atoms with E-state index in [4.69, 9.17) is 0 Å². The van der Waals surface area contributed by atoms with Crippen LogP contribution in [0, 0.1) is 11.3 Å². The van der Waals surface area contributed by atoms with E-state index in [0.717, 1.165) is 45.7 Å². The number of anilines is 1. The maximum absolute atomic E-state index is 13.5. The van der Waals surface area contributed by atoms with E-state index in [1.807, 2.05) is 12.1 Å². The van der Waals surface area contributed by atoms with Crippen molar-refractivity contribution in [3.8, 4) is 6.07 Å². The summed E-state index contributed by atoms with van der Waals surface area (Å²) in [6.45, 7) is 6.44. The van der Waals surface area contributed by atoms with Crippen molar-refractivity contribution in [1.82, 2.24) is 10.3 Å². The number of carbonyl (C=O) groups excluding carboxylic acids is 1. The lowest BCUT2D eigenvalue weighted by atomic mass is 9.71. The number of nitrogens with one attached hydrogen (secondary N) is 2. The fraction of sp³-hybridized carbons (Fsp3) is 0.391. The van der Waals surface area contributed by atoms with Crippen molar-refractivity contribution in [2.24, 2.45) is 0 Å². The summed E-state index contributed by atoms with van der Waals surface area (Å²) in [6, 6.07) is 11.6. The molecule has 2 saturated heterocycles. The van der Waals surface area contributed by atoms with Gasteiger partial charge in [0, 0.05) is 47.5 Å². The van der Waals surface area contributed by atoms with Gasteiger partial charge in [-0.15, -0.1) is 11.3 Å². The molecule has 0 radical (unpaired) electrons. The molecule has 0 spiro atoms. The van der Waals surface area contributed by atoms with Gasteiger partial charge in [0.1, 0.15) is 10.9 Å². The molecular weight excluding hydrogens is 380 g/mol. The molecular formula is C23H22N4OS. The van der Waals surface area contributed by atoms with Gasteiger partial charge >= 0.3 is 0 Å². The Hall–Kier alpha value is -2.62. The zero-order valence-electron chi connectivity index (χ0n) is 16.5. The summed E-state index contributed by atoms with van der Waals surface area (Å²) in [6.07, 6.45) is 2.51. The Morgan fingerprint density at radius 1 is 1.21 bits per heavy atom. The van der Waals surface area contributed by atoms with E-state index < -0.39 is 0 Å². The van der Waals surface area contributed by atoms with Crippen molar-refractivity contribution in [3.63, 3.8) is 0 Å². The smallest absolute Gasteiger partial charge is 0.196 e. The molecule has 0 saturated carbocycles. The molecule has 29 heavy (non-hydrogen) atoms. The number of nitrogens with zero attached hydrogens (tertiary/aromatic N) is 2. The Kier molecular flexibility index (Phi) is 3.40. The summed E-state index contributed by atoms with van der Waals surface area (Å²) < 4.78 is 0.906. The first-order chi connectivity index (χ1) is 14.0. The highest BCUT2D eigenvalue weighted by Gasteiger charge is 2.41. The van der Waals surface area contributed by atoms with Gasteiger partial charge in [-0.2, -0.15) is 5.26 Å². The van der Waals surface area contributed by atoms with E-state index in [9.17, 15) is 10.1 Å². The van der Waals surface area contributed by atoms with Crippen molar-refractivity contribution >= 4 is 33.0 Å². The zero-order valence-corrected chi connectivity index (χ0v) is 17.3. The number of nitriles is 1. The molecule has 2 bridgehead atoms. The summed E-state index contributed by atoms with van der Waals surface area (Å²) in [5, 5.41) is 12.9. The minimum Gasteiger partial charge on any atom is -0.368 e. The number of H-pyrrole nitrogens is 1. The summed E-state index contributed by atoms with van der Waals surface area (Å²) >= 11 is 1.40. The lowest BCUT2D eigenvalue weighted by molar-refractivity contribution is 0.103. The first-order valence-electron chi connectivity index (χ1n) is 10.2. The van der Waals surface area contributed by atoms with Gasteiger partial charge in [0.15, 0.2) is 5.78 Å². The van der Waals surface area contributed by atoms with E-state index in [0.29, 0.717) is 17.0 Å². The lowest BCUT2D eigenvalue weighted by Crippen LogP contribution is -2.51. The molecule has 5 nitrogen and oxygen atoms in total. The van der Waals surface area contributed by atoms with E-state index in [2.05, 4.69) is 47.3 Å². The van der Waals surface area contributed by atoms with Crippen LogP contribution in [0.1, 0.15) is 58.7 Å². The number of aromatic nitrogens is 1. The number of hydrogen-bond acceptors (Lipinski definition) is 5. The second kappa shape index (κ2) is 5.71. The van der Waals surface area contributed by atoms with Gasteiger partial charge in [-0.05, 0) is 42.7 Å². The Balaban J connectivity index is 1.48. The quantitative estimate of drug-likeness (QED) is 0.647. The van der Waals surface area contributed by atoms with Crippen LogP contribution in [-0.4, -0.2) is 35.9 Å². The van der Waals surface area contributed by atoms with Crippen molar-refractivity contribution in [1.29, 1.82) is 5.26 Å². The van der Waals surface area contributed by atoms with E-state index >= 15 is 0 Å². The summed E-state index contributed by atoms with van der Waals surface area (Å²) in [5.74, 6) is 0.0684. The fourth-order valence-corrected chi connectivity index (χ4v) is 6.40. The molecule has 2 fully saturated rings. The third-order valence-corrected chi connectivity index (χ3v) is 7.99. The van der Waals surface area contributed by atoms with Crippen LogP contribution in [0.2, 0.25) is 0 Å². The molecule has 3 aromatic rings. The SMILES string of the molecule is CC1(C)c2cc(N3CC4CCC(C3)N4)ccc2C(=O)c2c1[nH]c1cc(C#N)sc21. The highest BCUT2D eigenvalue weighted by atomic mass is 32.1. The highest BCUT2D eigenvalue weighted by Crippen LogP contribution is 2.46. The molecule has 2 N–H and O–H groups in total. The molecule has 2 atom stereocenters. The molecule has 2 aliphatic heterocycles. The normalized spacial score (nSPS) is 24.4. The van der Waals surface area contributed by atoms with E-state index in [-0.39, 0.29) is 11.2 Å². The Labute approximate surface area is 173 Å². The molecule has 3 aliphatic rings. The predicted octanol–water partition coefficient (Wildman–Crippen LogP) is 3.91. The van der Waals surface area contributed by atoms with Gasteiger partial charge < -0.3 is 15.2 Å². The van der Waals surface area contributed by atoms with Crippen LogP contribution < -0.4 is 10.2 Å². The van der Waals surface area contributed by atoms with Crippen LogP contribution in [0.4, 0.5) is 5.69 Å². The second-order valence-electron chi connectivity index (χ2n) is 9.07. The second-order valence-corrected chi connectivity index (χ2v) is 10.1. The largest absolute Gasteiger partial charge is 0.368 e. The van der Waals surface area contributed by atoms with Crippen LogP contribution in [0.15, 0.2) is 24.3 Å². The number of rotatable bonds is 1. The van der Waals surface area contributed by atoms with Crippen LogP contribution >= 0.6 is 11.3 Å². The molecule has 0 amide bonds. The Morgan fingerprint density at radius 2 is 1.97 bits per heavy atom. The van der Waals surface area contributed by atoms with E-state index in [1.165, 1.54) is 29.9 Å². The predicted molar refractivity (Wildman–Crippen MR) is 115 cm³/mol. The van der Waals surface area contributed by atoms with Crippen molar-refractivity contribution in [2.45, 2.75) is 44.2 Å². The van der Waals surface area contributed by atoms with Crippen molar-refractivity contribution in [3.05, 3.63) is 51.5 Å². The topological polar surface area (TPSA) is 71.9 Å². The van der Waals surface area contributed by atoms with Crippen molar-refractivity contribution in [2.75, 3.05) is 18.0 Å². The molecule has 1 aliphatic carbocycles. The molecule has 6 rings (SSSR count). The number of hydrogen-bond donors (Lipinski definition) is 2. The maximum Gasteiger partial charge on any atom is 0.196 e. The van der Waals surface area contributed by atoms with Crippen LogP contribution in [0.25, 0.3) is 10.2 Å². The number of benzene rings is 1. The molecule has 2 unspecified atom stereocenters. The maximum atomic E-state index is 13.5. The summed E-state index contributed by atoms with van der Waals surface area (Å²) in [4.78, 5) is 20.0. The first kappa shape index (κ1) is 17.3. The number of thiophene rings is 1. The molecule has 2 aromatic heterocycles. The molecule has 6 heteroatoms. The minimum atomic E-state index is -0.298. The average Bonchev–Trinajstić information content (AvgIpc) is 3.38. The van der Waals surface area contributed by atoms with Gasteiger partial charge in [-0.3, -0.25) is 4.79 Å². The van der Waals surface area contributed by atoms with Crippen LogP contribution in [0.3, 0.4) is 0 Å². The number of fused-ring (bicyclic) bond motifs is 6. The summed E-state index contributed by atoms with van der Waals surface area (Å²) in [5.41, 5.74) is 5.41. The highest BCUT2D eigenvalue weighted by molar-refractivity contribution is 7.20. The fourth-order valence-electron chi connectivity index (χ4n) is 5.44. The number of carbonyl (C=O) groups is 1. The standard InChI is InChI=1S/C23H22N4OS/c1-23(2)17-7-14(27-10-12-3-4-13(11-27)25-12)5-6-16(17)20(28)19-21-18(26-22(19)23)8-15(9-24)29-21/h5-8,12-13,25-26H,3-4,10-11H2,1-2H3. The number of aromatic amines is 1. The molecule has 146 valence electrons. The Morgan fingerprint density at radius 3 is 2.69 bits per heavy atom. The van der Waals surface area contributed by atoms with Gasteiger partial charge in [0.05, 0.1) is 15.8 Å². The third-order valence-electron chi connectivity index (χ3n) is 6.93. The monoisotopic (exact) mass is 402 g/mol. The van der Waals surface area contributed by atoms with Crippen LogP contribution in [-0.2, 0) is 5.41 Å². The molecule has 4 heterocycles. The lowest BCUT2D eigenvalue weighted by Gasteiger charge is -2.37. The van der Waals surface area contributed by atoms with Crippen molar-refractivity contribution < 1.29 is 4.79 Å². The molecule has 1 aromatic carbocycles. The van der Waals surface area contributed by atoms with Crippen LogP contribution in [0.5, 0.6) is 0 Å². The zero-order chi connectivity index (χ0) is 19.9. The van der Waals surface area contributed by atoms with Gasteiger partial charge in [0.25, 0.3) is 0 Å². The summed E-state index contributed by atoms with van der Waals surface area (Å²) in [7, 11) is 0. The Bertz CT molecular complexity index is 1220. The number of ketones is 1. The van der Waals surface area contributed by atoms with E-state index in [1.54, 1.807) is 0 Å². The first-order valence-corrected chi connectivity index (χ1v) is 11.0.